The van der Waals surface area contributed by atoms with Crippen molar-refractivity contribution in [2.45, 2.75) is 71.3 Å². The SMILES string of the molecule is CCCNC(CC(C)COC)CC1CCCCC1. The number of methoxy groups -OCH3 is 1. The van der Waals surface area contributed by atoms with Gasteiger partial charge in [-0.3, -0.25) is 0 Å². The molecule has 0 aromatic rings. The second-order valence-electron chi connectivity index (χ2n) is 6.19. The Balaban J connectivity index is 2.33. The highest BCUT2D eigenvalue weighted by atomic mass is 16.5. The van der Waals surface area contributed by atoms with Crippen LogP contribution in [0.25, 0.3) is 0 Å². The third-order valence-corrected chi connectivity index (χ3v) is 4.16. The van der Waals surface area contributed by atoms with E-state index < -0.39 is 0 Å². The molecule has 0 aliphatic heterocycles. The summed E-state index contributed by atoms with van der Waals surface area (Å²) >= 11 is 0. The van der Waals surface area contributed by atoms with Crippen molar-refractivity contribution in [3.8, 4) is 0 Å². The van der Waals surface area contributed by atoms with Crippen LogP contribution in [-0.4, -0.2) is 26.3 Å². The summed E-state index contributed by atoms with van der Waals surface area (Å²) in [4.78, 5) is 0. The summed E-state index contributed by atoms with van der Waals surface area (Å²) < 4.78 is 5.27. The molecule has 2 heteroatoms. The number of rotatable bonds is 9. The van der Waals surface area contributed by atoms with Gasteiger partial charge in [-0.2, -0.15) is 0 Å². The van der Waals surface area contributed by atoms with Crippen molar-refractivity contribution in [3.05, 3.63) is 0 Å². The van der Waals surface area contributed by atoms with Crippen LogP contribution in [0.15, 0.2) is 0 Å². The Morgan fingerprint density at radius 3 is 2.56 bits per heavy atom. The average Bonchev–Trinajstić information content (AvgIpc) is 2.37. The molecular weight excluding hydrogens is 222 g/mol. The lowest BCUT2D eigenvalue weighted by Crippen LogP contribution is -2.34. The minimum Gasteiger partial charge on any atom is -0.384 e. The van der Waals surface area contributed by atoms with E-state index >= 15 is 0 Å². The van der Waals surface area contributed by atoms with Crippen molar-refractivity contribution >= 4 is 0 Å². The van der Waals surface area contributed by atoms with Crippen molar-refractivity contribution in [1.82, 2.24) is 5.32 Å². The second kappa shape index (κ2) is 9.80. The molecular formula is C16H33NO. The van der Waals surface area contributed by atoms with Crippen molar-refractivity contribution in [2.75, 3.05) is 20.3 Å². The van der Waals surface area contributed by atoms with Gasteiger partial charge < -0.3 is 10.1 Å². The summed E-state index contributed by atoms with van der Waals surface area (Å²) in [6, 6.07) is 0.707. The quantitative estimate of drug-likeness (QED) is 0.672. The zero-order valence-electron chi connectivity index (χ0n) is 12.7. The summed E-state index contributed by atoms with van der Waals surface area (Å²) in [5.74, 6) is 1.65. The van der Waals surface area contributed by atoms with Gasteiger partial charge in [-0.15, -0.1) is 0 Å². The normalized spacial score (nSPS) is 20.8. The zero-order valence-corrected chi connectivity index (χ0v) is 12.7. The fourth-order valence-electron chi connectivity index (χ4n) is 3.27. The Morgan fingerprint density at radius 2 is 1.94 bits per heavy atom. The first-order valence-electron chi connectivity index (χ1n) is 7.98. The van der Waals surface area contributed by atoms with Crippen LogP contribution < -0.4 is 5.32 Å². The van der Waals surface area contributed by atoms with Crippen LogP contribution in [0, 0.1) is 11.8 Å². The highest BCUT2D eigenvalue weighted by Crippen LogP contribution is 2.28. The van der Waals surface area contributed by atoms with E-state index in [1.807, 2.05) is 7.11 Å². The molecule has 1 rings (SSSR count). The van der Waals surface area contributed by atoms with Gasteiger partial charge in [0.2, 0.25) is 0 Å². The molecule has 0 aromatic heterocycles. The molecule has 1 N–H and O–H groups in total. The highest BCUT2D eigenvalue weighted by molar-refractivity contribution is 4.76. The summed E-state index contributed by atoms with van der Waals surface area (Å²) in [7, 11) is 1.81. The third kappa shape index (κ3) is 6.75. The molecule has 108 valence electrons. The van der Waals surface area contributed by atoms with Crippen LogP contribution in [0.5, 0.6) is 0 Å². The van der Waals surface area contributed by atoms with E-state index in [1.165, 1.54) is 51.4 Å². The highest BCUT2D eigenvalue weighted by Gasteiger charge is 2.20. The number of hydrogen-bond acceptors (Lipinski definition) is 2. The van der Waals surface area contributed by atoms with Crippen molar-refractivity contribution in [1.29, 1.82) is 0 Å². The predicted octanol–water partition coefficient (Wildman–Crippen LogP) is 4.00. The van der Waals surface area contributed by atoms with Crippen LogP contribution in [0.3, 0.4) is 0 Å². The number of hydrogen-bond donors (Lipinski definition) is 1. The van der Waals surface area contributed by atoms with E-state index in [0.717, 1.165) is 19.1 Å². The lowest BCUT2D eigenvalue weighted by Gasteiger charge is -2.28. The molecule has 18 heavy (non-hydrogen) atoms. The summed E-state index contributed by atoms with van der Waals surface area (Å²) in [6.45, 7) is 6.63. The van der Waals surface area contributed by atoms with Crippen molar-refractivity contribution in [2.24, 2.45) is 11.8 Å². The molecule has 1 fully saturated rings. The van der Waals surface area contributed by atoms with Crippen molar-refractivity contribution in [3.63, 3.8) is 0 Å². The molecule has 1 saturated carbocycles. The minimum atomic E-state index is 0.674. The van der Waals surface area contributed by atoms with Gasteiger partial charge in [0, 0.05) is 19.8 Å². The fourth-order valence-corrected chi connectivity index (χ4v) is 3.27. The van der Waals surface area contributed by atoms with Gasteiger partial charge in [-0.05, 0) is 37.6 Å². The molecule has 0 saturated heterocycles. The first-order valence-corrected chi connectivity index (χ1v) is 7.98. The van der Waals surface area contributed by atoms with Gasteiger partial charge in [0.25, 0.3) is 0 Å². The molecule has 0 aromatic carbocycles. The van der Waals surface area contributed by atoms with E-state index in [2.05, 4.69) is 19.2 Å². The first-order chi connectivity index (χ1) is 8.76. The van der Waals surface area contributed by atoms with Gasteiger partial charge in [-0.1, -0.05) is 46.0 Å². The van der Waals surface area contributed by atoms with Crippen LogP contribution in [0.1, 0.15) is 65.2 Å². The Kier molecular flexibility index (Phi) is 8.70. The smallest absolute Gasteiger partial charge is 0.0488 e. The number of ether oxygens (including phenoxy) is 1. The summed E-state index contributed by atoms with van der Waals surface area (Å²) in [6.07, 6.45) is 11.2. The molecule has 0 heterocycles. The predicted molar refractivity (Wildman–Crippen MR) is 78.9 cm³/mol. The molecule has 0 radical (unpaired) electrons. The van der Waals surface area contributed by atoms with Gasteiger partial charge in [0.1, 0.15) is 0 Å². The van der Waals surface area contributed by atoms with Gasteiger partial charge >= 0.3 is 0 Å². The molecule has 1 aliphatic rings. The molecule has 2 atom stereocenters. The van der Waals surface area contributed by atoms with Crippen LogP contribution in [0.4, 0.5) is 0 Å². The summed E-state index contributed by atoms with van der Waals surface area (Å²) in [5, 5.41) is 3.75. The zero-order chi connectivity index (χ0) is 13.2. The topological polar surface area (TPSA) is 21.3 Å². The Bertz CT molecular complexity index is 190. The average molecular weight is 255 g/mol. The third-order valence-electron chi connectivity index (χ3n) is 4.16. The van der Waals surface area contributed by atoms with E-state index in [9.17, 15) is 0 Å². The van der Waals surface area contributed by atoms with E-state index in [-0.39, 0.29) is 0 Å². The molecule has 1 aliphatic carbocycles. The maximum atomic E-state index is 5.27. The fraction of sp³-hybridized carbons (Fsp3) is 1.00. The Morgan fingerprint density at radius 1 is 1.22 bits per heavy atom. The second-order valence-corrected chi connectivity index (χ2v) is 6.19. The lowest BCUT2D eigenvalue weighted by atomic mass is 9.83. The molecule has 0 amide bonds. The molecule has 0 spiro atoms. The van der Waals surface area contributed by atoms with Gasteiger partial charge in [-0.25, -0.2) is 0 Å². The van der Waals surface area contributed by atoms with E-state index in [1.54, 1.807) is 0 Å². The number of nitrogens with one attached hydrogen (secondary N) is 1. The molecule has 2 nitrogen and oxygen atoms in total. The molecule has 2 unspecified atom stereocenters. The van der Waals surface area contributed by atoms with E-state index in [0.29, 0.717) is 12.0 Å². The van der Waals surface area contributed by atoms with Crippen LogP contribution >= 0.6 is 0 Å². The van der Waals surface area contributed by atoms with Gasteiger partial charge in [0.15, 0.2) is 0 Å². The van der Waals surface area contributed by atoms with Crippen LogP contribution in [-0.2, 0) is 4.74 Å². The van der Waals surface area contributed by atoms with Crippen LogP contribution in [0.2, 0.25) is 0 Å². The standard InChI is InChI=1S/C16H33NO/c1-4-10-17-16(11-14(2)13-18-3)12-15-8-6-5-7-9-15/h14-17H,4-13H2,1-3H3. The largest absolute Gasteiger partial charge is 0.384 e. The summed E-state index contributed by atoms with van der Waals surface area (Å²) in [5.41, 5.74) is 0. The monoisotopic (exact) mass is 255 g/mol. The molecule has 0 bridgehead atoms. The maximum absolute atomic E-state index is 5.27. The van der Waals surface area contributed by atoms with Gasteiger partial charge in [0.05, 0.1) is 0 Å². The maximum Gasteiger partial charge on any atom is 0.0488 e. The van der Waals surface area contributed by atoms with Crippen molar-refractivity contribution < 1.29 is 4.74 Å². The van der Waals surface area contributed by atoms with E-state index in [4.69, 9.17) is 4.74 Å². The Labute approximate surface area is 114 Å². The minimum absolute atomic E-state index is 0.674. The Hall–Kier alpha value is -0.0800. The lowest BCUT2D eigenvalue weighted by molar-refractivity contribution is 0.145. The first kappa shape index (κ1) is 16.0.